The van der Waals surface area contributed by atoms with Gasteiger partial charge in [0.05, 0.1) is 18.3 Å². The molecule has 2 unspecified atom stereocenters. The maximum absolute atomic E-state index is 11.1. The van der Waals surface area contributed by atoms with Gasteiger partial charge in [-0.05, 0) is 51.0 Å². The van der Waals surface area contributed by atoms with Crippen LogP contribution in [0, 0.1) is 5.92 Å². The number of aliphatic hydroxyl groups is 1. The summed E-state index contributed by atoms with van der Waals surface area (Å²) in [6, 6.07) is 7.80. The van der Waals surface area contributed by atoms with Gasteiger partial charge in [-0.1, -0.05) is 18.2 Å². The van der Waals surface area contributed by atoms with Gasteiger partial charge in [-0.2, -0.15) is 0 Å². The molecule has 1 spiro atoms. The molecular formula is C17H24O3. The van der Waals surface area contributed by atoms with E-state index in [4.69, 9.17) is 9.47 Å². The number of rotatable bonds is 3. The molecule has 1 aromatic rings. The van der Waals surface area contributed by atoms with Crippen LogP contribution in [0.1, 0.15) is 44.6 Å². The van der Waals surface area contributed by atoms with Crippen LogP contribution in [0.3, 0.4) is 0 Å². The third-order valence-corrected chi connectivity index (χ3v) is 5.20. The Morgan fingerprint density at radius 2 is 2.10 bits per heavy atom. The maximum atomic E-state index is 11.1. The molecule has 1 heterocycles. The summed E-state index contributed by atoms with van der Waals surface area (Å²) in [6.07, 6.45) is 5.41. The highest BCUT2D eigenvalue weighted by Crippen LogP contribution is 2.49. The Morgan fingerprint density at radius 3 is 2.75 bits per heavy atom. The van der Waals surface area contributed by atoms with E-state index < -0.39 is 5.60 Å². The first-order valence-electron chi connectivity index (χ1n) is 7.57. The van der Waals surface area contributed by atoms with Crippen LogP contribution in [-0.2, 0) is 10.3 Å². The number of hydrogen-bond donors (Lipinski definition) is 1. The zero-order valence-electron chi connectivity index (χ0n) is 12.4. The second kappa shape index (κ2) is 5.05. The van der Waals surface area contributed by atoms with Crippen molar-refractivity contribution in [2.45, 2.75) is 50.2 Å². The standard InChI is InChI=1S/C17H24O3/c1-16(18,14-6-3-4-7-15(14)19-2)13-8-11-20-17(12-13)9-5-10-17/h3-4,6-7,13,18H,5,8-12H2,1-2H3. The van der Waals surface area contributed by atoms with E-state index in [1.165, 1.54) is 6.42 Å². The van der Waals surface area contributed by atoms with E-state index in [-0.39, 0.29) is 11.5 Å². The maximum Gasteiger partial charge on any atom is 0.124 e. The largest absolute Gasteiger partial charge is 0.496 e. The molecule has 1 aromatic carbocycles. The Labute approximate surface area is 120 Å². The topological polar surface area (TPSA) is 38.7 Å². The molecule has 1 saturated carbocycles. The lowest BCUT2D eigenvalue weighted by molar-refractivity contribution is -0.174. The van der Waals surface area contributed by atoms with Gasteiger partial charge in [0.15, 0.2) is 0 Å². The van der Waals surface area contributed by atoms with E-state index >= 15 is 0 Å². The zero-order valence-corrected chi connectivity index (χ0v) is 12.4. The summed E-state index contributed by atoms with van der Waals surface area (Å²) in [4.78, 5) is 0. The van der Waals surface area contributed by atoms with E-state index in [1.54, 1.807) is 7.11 Å². The van der Waals surface area contributed by atoms with Gasteiger partial charge >= 0.3 is 0 Å². The van der Waals surface area contributed by atoms with Gasteiger partial charge in [0, 0.05) is 12.2 Å². The van der Waals surface area contributed by atoms with Gasteiger partial charge in [-0.15, -0.1) is 0 Å². The van der Waals surface area contributed by atoms with E-state index in [0.717, 1.165) is 43.6 Å². The van der Waals surface area contributed by atoms with Crippen molar-refractivity contribution in [2.75, 3.05) is 13.7 Å². The number of para-hydroxylation sites is 1. The molecule has 1 aliphatic carbocycles. The van der Waals surface area contributed by atoms with Crippen molar-refractivity contribution in [3.05, 3.63) is 29.8 Å². The first-order valence-corrected chi connectivity index (χ1v) is 7.57. The van der Waals surface area contributed by atoms with Gasteiger partial charge < -0.3 is 14.6 Å². The lowest BCUT2D eigenvalue weighted by Gasteiger charge is -2.50. The number of hydrogen-bond acceptors (Lipinski definition) is 3. The Kier molecular flexibility index (Phi) is 3.51. The average molecular weight is 276 g/mol. The summed E-state index contributed by atoms with van der Waals surface area (Å²) in [5, 5.41) is 11.1. The van der Waals surface area contributed by atoms with Crippen LogP contribution in [0.15, 0.2) is 24.3 Å². The Hall–Kier alpha value is -1.06. The second-order valence-corrected chi connectivity index (χ2v) is 6.42. The molecule has 0 amide bonds. The molecule has 0 aromatic heterocycles. The molecule has 1 N–H and O–H groups in total. The van der Waals surface area contributed by atoms with Crippen molar-refractivity contribution in [3.63, 3.8) is 0 Å². The predicted octanol–water partition coefficient (Wildman–Crippen LogP) is 3.25. The van der Waals surface area contributed by atoms with Crippen LogP contribution in [0.2, 0.25) is 0 Å². The Bertz CT molecular complexity index is 477. The average Bonchev–Trinajstić information content (AvgIpc) is 2.45. The smallest absolute Gasteiger partial charge is 0.124 e. The fraction of sp³-hybridized carbons (Fsp3) is 0.647. The van der Waals surface area contributed by atoms with E-state index in [2.05, 4.69) is 0 Å². The molecule has 3 rings (SSSR count). The SMILES string of the molecule is COc1ccccc1C(C)(O)C1CCOC2(CCC2)C1. The van der Waals surface area contributed by atoms with Crippen LogP contribution in [0.25, 0.3) is 0 Å². The first kappa shape index (κ1) is 13.9. The van der Waals surface area contributed by atoms with Gasteiger partial charge in [0.2, 0.25) is 0 Å². The van der Waals surface area contributed by atoms with E-state index in [1.807, 2.05) is 31.2 Å². The van der Waals surface area contributed by atoms with Gasteiger partial charge in [0.1, 0.15) is 5.75 Å². The molecule has 1 aliphatic heterocycles. The summed E-state index contributed by atoms with van der Waals surface area (Å²) in [7, 11) is 1.66. The molecule has 3 nitrogen and oxygen atoms in total. The molecule has 0 bridgehead atoms. The van der Waals surface area contributed by atoms with Crippen LogP contribution in [0.5, 0.6) is 5.75 Å². The monoisotopic (exact) mass is 276 g/mol. The van der Waals surface area contributed by atoms with Crippen LogP contribution in [-0.4, -0.2) is 24.4 Å². The summed E-state index contributed by atoms with van der Waals surface area (Å²) in [5.41, 5.74) is 0.0809. The minimum absolute atomic E-state index is 0.0505. The molecule has 1 saturated heterocycles. The van der Waals surface area contributed by atoms with Crippen molar-refractivity contribution in [1.82, 2.24) is 0 Å². The lowest BCUT2D eigenvalue weighted by Crippen LogP contribution is -2.49. The fourth-order valence-electron chi connectivity index (χ4n) is 3.71. The number of benzene rings is 1. The van der Waals surface area contributed by atoms with E-state index in [0.29, 0.717) is 0 Å². The molecule has 2 aliphatic rings. The minimum atomic E-state index is -0.862. The summed E-state index contributed by atoms with van der Waals surface area (Å²) >= 11 is 0. The quantitative estimate of drug-likeness (QED) is 0.921. The van der Waals surface area contributed by atoms with Crippen molar-refractivity contribution in [1.29, 1.82) is 0 Å². The van der Waals surface area contributed by atoms with Crippen molar-refractivity contribution in [2.24, 2.45) is 5.92 Å². The highest BCUT2D eigenvalue weighted by molar-refractivity contribution is 5.38. The highest BCUT2D eigenvalue weighted by atomic mass is 16.5. The van der Waals surface area contributed by atoms with Crippen LogP contribution >= 0.6 is 0 Å². The summed E-state index contributed by atoms with van der Waals surface area (Å²) in [5.74, 6) is 1.000. The van der Waals surface area contributed by atoms with Crippen molar-refractivity contribution < 1.29 is 14.6 Å². The molecule has 2 atom stereocenters. The van der Waals surface area contributed by atoms with Gasteiger partial charge in [0.25, 0.3) is 0 Å². The molecule has 2 fully saturated rings. The molecule has 110 valence electrons. The molecule has 0 radical (unpaired) electrons. The summed E-state index contributed by atoms with van der Waals surface area (Å²) < 4.78 is 11.4. The summed E-state index contributed by atoms with van der Waals surface area (Å²) in [6.45, 7) is 2.68. The molecular weight excluding hydrogens is 252 g/mol. The molecule has 3 heteroatoms. The first-order chi connectivity index (χ1) is 9.57. The van der Waals surface area contributed by atoms with Crippen molar-refractivity contribution in [3.8, 4) is 5.75 Å². The van der Waals surface area contributed by atoms with Gasteiger partial charge in [-0.3, -0.25) is 0 Å². The van der Waals surface area contributed by atoms with Crippen molar-refractivity contribution >= 4 is 0 Å². The Morgan fingerprint density at radius 1 is 1.35 bits per heavy atom. The zero-order chi connectivity index (χ0) is 14.2. The lowest BCUT2D eigenvalue weighted by atomic mass is 9.67. The third-order valence-electron chi connectivity index (χ3n) is 5.20. The minimum Gasteiger partial charge on any atom is -0.496 e. The predicted molar refractivity (Wildman–Crippen MR) is 77.8 cm³/mol. The third kappa shape index (κ3) is 2.23. The second-order valence-electron chi connectivity index (χ2n) is 6.42. The van der Waals surface area contributed by atoms with E-state index in [9.17, 15) is 5.11 Å². The molecule has 20 heavy (non-hydrogen) atoms. The Balaban J connectivity index is 1.86. The van der Waals surface area contributed by atoms with Crippen LogP contribution < -0.4 is 4.74 Å². The fourth-order valence-corrected chi connectivity index (χ4v) is 3.71. The van der Waals surface area contributed by atoms with Crippen LogP contribution in [0.4, 0.5) is 0 Å². The van der Waals surface area contributed by atoms with Gasteiger partial charge in [-0.25, -0.2) is 0 Å². The highest BCUT2D eigenvalue weighted by Gasteiger charge is 2.48. The number of methoxy groups -OCH3 is 1. The normalized spacial score (nSPS) is 27.6. The number of ether oxygens (including phenoxy) is 2.